The number of hydrogen-bond acceptors (Lipinski definition) is 7. The van der Waals surface area contributed by atoms with E-state index in [9.17, 15) is 9.59 Å². The lowest BCUT2D eigenvalue weighted by Crippen LogP contribution is -2.46. The molecular formula is C29H33N5O5. The van der Waals surface area contributed by atoms with E-state index in [2.05, 4.69) is 56.8 Å². The lowest BCUT2D eigenvalue weighted by atomic mass is 10.00. The predicted molar refractivity (Wildman–Crippen MR) is 146 cm³/mol. The fourth-order valence-corrected chi connectivity index (χ4v) is 5.60. The Morgan fingerprint density at radius 2 is 1.64 bits per heavy atom. The van der Waals surface area contributed by atoms with E-state index in [1.54, 1.807) is 12.7 Å². The minimum absolute atomic E-state index is 0.538. The van der Waals surface area contributed by atoms with Gasteiger partial charge in [0, 0.05) is 43.0 Å². The van der Waals surface area contributed by atoms with Gasteiger partial charge in [-0.15, -0.1) is 10.2 Å². The number of aliphatic carboxylic acids is 2. The van der Waals surface area contributed by atoms with Crippen LogP contribution >= 0.6 is 0 Å². The van der Waals surface area contributed by atoms with Crippen molar-refractivity contribution in [2.45, 2.75) is 50.6 Å². The molecule has 1 aliphatic carbocycles. The zero-order valence-corrected chi connectivity index (χ0v) is 21.7. The maximum Gasteiger partial charge on any atom is 0.328 e. The number of aryl methyl sites for hydroxylation is 1. The number of nitrogens with one attached hydrogen (secondary N) is 1. The molecule has 0 radical (unpaired) electrons. The number of benzene rings is 2. The minimum atomic E-state index is -1.26. The summed E-state index contributed by atoms with van der Waals surface area (Å²) in [6, 6.07) is 14.5. The van der Waals surface area contributed by atoms with Crippen LogP contribution < -0.4 is 15.0 Å². The number of aromatic nitrogens is 3. The van der Waals surface area contributed by atoms with Crippen LogP contribution in [0, 0.1) is 0 Å². The summed E-state index contributed by atoms with van der Waals surface area (Å²) in [6.07, 6.45) is 11.5. The van der Waals surface area contributed by atoms with Gasteiger partial charge in [-0.05, 0) is 73.4 Å². The monoisotopic (exact) mass is 531 g/mol. The van der Waals surface area contributed by atoms with E-state index in [0.29, 0.717) is 24.2 Å². The van der Waals surface area contributed by atoms with Gasteiger partial charge >= 0.3 is 11.9 Å². The fraction of sp³-hybridized carbons (Fsp3) is 0.379. The number of carboxylic acid groups (broad SMARTS) is 2. The standard InChI is InChI=1S/C25H29N5O.C4H4O4/c1-3-18-4-2-12-31-25(18)24(5-1)29-10-8-21(9-11-29)28-22-13-19-6-7-23(15-20(19)14-22)30-16-26-27-17-30;5-3(6)1-2-4(7)8/h1,3,5-7,15-17,21-22,28H,2,4,8-14H2;1-2H,(H,5,6)(H,7,8)/b;2-1+. The Morgan fingerprint density at radius 1 is 0.923 bits per heavy atom. The summed E-state index contributed by atoms with van der Waals surface area (Å²) in [5.41, 5.74) is 6.74. The molecule has 1 atom stereocenters. The lowest BCUT2D eigenvalue weighted by molar-refractivity contribution is -0.134. The number of fused-ring (bicyclic) bond motifs is 2. The largest absolute Gasteiger partial charge is 0.491 e. The summed E-state index contributed by atoms with van der Waals surface area (Å²) in [7, 11) is 0. The third-order valence-corrected chi connectivity index (χ3v) is 7.43. The third-order valence-electron chi connectivity index (χ3n) is 7.43. The summed E-state index contributed by atoms with van der Waals surface area (Å²) in [5, 5.41) is 27.4. The summed E-state index contributed by atoms with van der Waals surface area (Å²) >= 11 is 0. The maximum absolute atomic E-state index is 9.55. The molecule has 1 fully saturated rings. The van der Waals surface area contributed by atoms with Gasteiger partial charge in [0.15, 0.2) is 0 Å². The smallest absolute Gasteiger partial charge is 0.328 e. The van der Waals surface area contributed by atoms with Gasteiger partial charge in [0.2, 0.25) is 0 Å². The van der Waals surface area contributed by atoms with Crippen molar-refractivity contribution in [2.24, 2.45) is 0 Å². The zero-order chi connectivity index (χ0) is 27.2. The molecule has 0 spiro atoms. The van der Waals surface area contributed by atoms with E-state index in [0.717, 1.165) is 56.8 Å². The number of hydrogen-bond donors (Lipinski definition) is 3. The van der Waals surface area contributed by atoms with Gasteiger partial charge in [-0.1, -0.05) is 18.2 Å². The highest BCUT2D eigenvalue weighted by Crippen LogP contribution is 2.37. The van der Waals surface area contributed by atoms with Crippen LogP contribution in [0.15, 0.2) is 61.2 Å². The average molecular weight is 532 g/mol. The topological polar surface area (TPSA) is 130 Å². The first-order chi connectivity index (χ1) is 19.0. The van der Waals surface area contributed by atoms with E-state index in [1.165, 1.54) is 35.2 Å². The van der Waals surface area contributed by atoms with E-state index in [-0.39, 0.29) is 0 Å². The molecule has 0 amide bonds. The van der Waals surface area contributed by atoms with Crippen molar-refractivity contribution < 1.29 is 24.5 Å². The van der Waals surface area contributed by atoms with Gasteiger partial charge in [-0.3, -0.25) is 4.57 Å². The fourth-order valence-electron chi connectivity index (χ4n) is 5.60. The first-order valence-electron chi connectivity index (χ1n) is 13.3. The number of rotatable bonds is 6. The van der Waals surface area contributed by atoms with Gasteiger partial charge in [-0.2, -0.15) is 0 Å². The van der Waals surface area contributed by atoms with Crippen LogP contribution in [-0.2, 0) is 28.9 Å². The Morgan fingerprint density at radius 3 is 2.36 bits per heavy atom. The van der Waals surface area contributed by atoms with Crippen LogP contribution in [0.4, 0.5) is 5.69 Å². The summed E-state index contributed by atoms with van der Waals surface area (Å²) in [5.74, 6) is -1.38. The van der Waals surface area contributed by atoms with Crippen LogP contribution in [0.1, 0.15) is 36.0 Å². The molecule has 0 bridgehead atoms. The second-order valence-electron chi connectivity index (χ2n) is 10.1. The van der Waals surface area contributed by atoms with Crippen LogP contribution in [-0.4, -0.2) is 68.7 Å². The quantitative estimate of drug-likeness (QED) is 0.411. The third kappa shape index (κ3) is 6.64. The molecule has 0 saturated carbocycles. The van der Waals surface area contributed by atoms with E-state index < -0.39 is 11.9 Å². The molecular weight excluding hydrogens is 498 g/mol. The van der Waals surface area contributed by atoms with Gasteiger partial charge in [-0.25, -0.2) is 9.59 Å². The summed E-state index contributed by atoms with van der Waals surface area (Å²) < 4.78 is 8.02. The number of carboxylic acids is 2. The molecule has 3 heterocycles. The van der Waals surface area contributed by atoms with Crippen LogP contribution in [0.2, 0.25) is 0 Å². The minimum Gasteiger partial charge on any atom is -0.491 e. The molecule has 3 aliphatic rings. The van der Waals surface area contributed by atoms with Crippen molar-refractivity contribution in [1.82, 2.24) is 20.1 Å². The first-order valence-corrected chi connectivity index (χ1v) is 13.3. The molecule has 10 nitrogen and oxygen atoms in total. The van der Waals surface area contributed by atoms with E-state index >= 15 is 0 Å². The van der Waals surface area contributed by atoms with Crippen molar-refractivity contribution in [2.75, 3.05) is 24.6 Å². The van der Waals surface area contributed by atoms with Crippen molar-refractivity contribution in [1.29, 1.82) is 0 Å². The van der Waals surface area contributed by atoms with Crippen LogP contribution in [0.3, 0.4) is 0 Å². The summed E-state index contributed by atoms with van der Waals surface area (Å²) in [6.45, 7) is 3.03. The molecule has 2 aliphatic heterocycles. The molecule has 2 aromatic carbocycles. The van der Waals surface area contributed by atoms with E-state index in [4.69, 9.17) is 14.9 Å². The number of carbonyl (C=O) groups is 2. The molecule has 3 N–H and O–H groups in total. The maximum atomic E-state index is 9.55. The molecule has 1 saturated heterocycles. The highest BCUT2D eigenvalue weighted by atomic mass is 16.5. The van der Waals surface area contributed by atoms with Crippen molar-refractivity contribution >= 4 is 17.6 Å². The molecule has 1 aromatic heterocycles. The number of piperidine rings is 1. The first kappa shape index (κ1) is 26.4. The SMILES string of the molecule is O=C(O)/C=C/C(=O)O.c1cc2c(c(N3CCC(NC4Cc5ccc(-n6cnnc6)cc5C4)CC3)c1)OCCC2. The van der Waals surface area contributed by atoms with Gasteiger partial charge < -0.3 is 25.2 Å². The van der Waals surface area contributed by atoms with Crippen molar-refractivity contribution in [3.05, 3.63) is 77.9 Å². The number of nitrogens with zero attached hydrogens (tertiary/aromatic N) is 4. The summed E-state index contributed by atoms with van der Waals surface area (Å²) in [4.78, 5) is 21.6. The number of para-hydroxylation sites is 1. The average Bonchev–Trinajstić information content (AvgIpc) is 3.62. The molecule has 204 valence electrons. The van der Waals surface area contributed by atoms with Crippen molar-refractivity contribution in [3.8, 4) is 11.4 Å². The van der Waals surface area contributed by atoms with Crippen LogP contribution in [0.5, 0.6) is 5.75 Å². The predicted octanol–water partition coefficient (Wildman–Crippen LogP) is 3.03. The molecule has 39 heavy (non-hydrogen) atoms. The van der Waals surface area contributed by atoms with E-state index in [1.807, 2.05) is 4.57 Å². The Bertz CT molecular complexity index is 1320. The number of ether oxygens (including phenoxy) is 1. The Hall–Kier alpha value is -4.18. The molecule has 3 aromatic rings. The zero-order valence-electron chi connectivity index (χ0n) is 21.7. The highest BCUT2D eigenvalue weighted by molar-refractivity contribution is 5.89. The second-order valence-corrected chi connectivity index (χ2v) is 10.1. The lowest BCUT2D eigenvalue weighted by Gasteiger charge is -2.36. The Balaban J connectivity index is 0.000000339. The molecule has 1 unspecified atom stereocenters. The Labute approximate surface area is 226 Å². The van der Waals surface area contributed by atoms with Gasteiger partial charge in [0.25, 0.3) is 0 Å². The number of anilines is 1. The van der Waals surface area contributed by atoms with Gasteiger partial charge in [0.05, 0.1) is 12.3 Å². The Kier molecular flexibility index (Phi) is 8.21. The molecule has 6 rings (SSSR count). The van der Waals surface area contributed by atoms with Crippen LogP contribution in [0.25, 0.3) is 5.69 Å². The highest BCUT2D eigenvalue weighted by Gasteiger charge is 2.28. The molecule has 10 heteroatoms. The van der Waals surface area contributed by atoms with Gasteiger partial charge in [0.1, 0.15) is 18.4 Å². The normalized spacial score (nSPS) is 18.6. The second kappa shape index (κ2) is 12.1. The van der Waals surface area contributed by atoms with Crippen molar-refractivity contribution in [3.63, 3.8) is 0 Å².